The smallest absolute Gasteiger partial charge is 0.151 e. The second-order valence-corrected chi connectivity index (χ2v) is 7.43. The molecule has 29 heavy (non-hydrogen) atoms. The SMILES string of the molecule is Fc1ccc(-c2ccc(N3CCc4[nH]nc(-c5ccc(Cl)cc5)c4C3)nn2)cc1. The number of benzene rings is 2. The molecule has 0 spiro atoms. The molecule has 0 bridgehead atoms. The fourth-order valence-electron chi connectivity index (χ4n) is 3.61. The van der Waals surface area contributed by atoms with E-state index in [0.29, 0.717) is 11.6 Å². The largest absolute Gasteiger partial charge is 0.350 e. The summed E-state index contributed by atoms with van der Waals surface area (Å²) < 4.78 is 13.1. The van der Waals surface area contributed by atoms with Gasteiger partial charge < -0.3 is 4.90 Å². The van der Waals surface area contributed by atoms with E-state index in [4.69, 9.17) is 11.6 Å². The molecule has 1 N–H and O–H groups in total. The van der Waals surface area contributed by atoms with Crippen molar-refractivity contribution in [2.24, 2.45) is 0 Å². The maximum absolute atomic E-state index is 13.1. The lowest BCUT2D eigenvalue weighted by atomic mass is 10.0. The van der Waals surface area contributed by atoms with Crippen molar-refractivity contribution in [3.63, 3.8) is 0 Å². The van der Waals surface area contributed by atoms with Gasteiger partial charge in [0, 0.05) is 46.9 Å². The van der Waals surface area contributed by atoms with E-state index in [1.165, 1.54) is 17.7 Å². The van der Waals surface area contributed by atoms with Crippen LogP contribution in [-0.2, 0) is 13.0 Å². The molecule has 0 atom stereocenters. The maximum atomic E-state index is 13.1. The second kappa shape index (κ2) is 7.29. The molecule has 0 amide bonds. The number of fused-ring (bicyclic) bond motifs is 1. The Morgan fingerprint density at radius 2 is 1.66 bits per heavy atom. The Balaban J connectivity index is 1.40. The molecule has 5 rings (SSSR count). The Bertz CT molecular complexity index is 1140. The third-order valence-corrected chi connectivity index (χ3v) is 5.42. The van der Waals surface area contributed by atoms with Crippen LogP contribution < -0.4 is 4.90 Å². The monoisotopic (exact) mass is 405 g/mol. The van der Waals surface area contributed by atoms with Crippen LogP contribution in [0.1, 0.15) is 11.3 Å². The highest BCUT2D eigenvalue weighted by Crippen LogP contribution is 2.31. The first kappa shape index (κ1) is 17.8. The highest BCUT2D eigenvalue weighted by Gasteiger charge is 2.24. The number of anilines is 1. The van der Waals surface area contributed by atoms with Gasteiger partial charge in [0.2, 0.25) is 0 Å². The van der Waals surface area contributed by atoms with Gasteiger partial charge in [-0.25, -0.2) is 4.39 Å². The third-order valence-electron chi connectivity index (χ3n) is 5.17. The zero-order chi connectivity index (χ0) is 19.8. The summed E-state index contributed by atoms with van der Waals surface area (Å²) in [6, 6.07) is 17.8. The van der Waals surface area contributed by atoms with E-state index in [1.54, 1.807) is 12.1 Å². The van der Waals surface area contributed by atoms with Crippen molar-refractivity contribution in [2.45, 2.75) is 13.0 Å². The fourth-order valence-corrected chi connectivity index (χ4v) is 3.73. The lowest BCUT2D eigenvalue weighted by molar-refractivity contribution is 0.628. The van der Waals surface area contributed by atoms with Crippen LogP contribution in [0.2, 0.25) is 5.02 Å². The summed E-state index contributed by atoms with van der Waals surface area (Å²) in [5.74, 6) is 0.545. The molecule has 0 aliphatic carbocycles. The van der Waals surface area contributed by atoms with Crippen molar-refractivity contribution in [1.29, 1.82) is 0 Å². The van der Waals surface area contributed by atoms with Gasteiger partial charge in [-0.15, -0.1) is 10.2 Å². The van der Waals surface area contributed by atoms with Gasteiger partial charge in [-0.3, -0.25) is 5.10 Å². The predicted molar refractivity (Wildman–Crippen MR) is 111 cm³/mol. The molecule has 1 aliphatic heterocycles. The molecular weight excluding hydrogens is 389 g/mol. The van der Waals surface area contributed by atoms with Gasteiger partial charge in [0.15, 0.2) is 5.82 Å². The lowest BCUT2D eigenvalue weighted by Crippen LogP contribution is -2.31. The number of H-pyrrole nitrogens is 1. The lowest BCUT2D eigenvalue weighted by Gasteiger charge is -2.27. The number of nitrogens with zero attached hydrogens (tertiary/aromatic N) is 4. The summed E-state index contributed by atoms with van der Waals surface area (Å²) in [6.07, 6.45) is 0.858. The Labute approximate surface area is 172 Å². The van der Waals surface area contributed by atoms with E-state index < -0.39 is 0 Å². The van der Waals surface area contributed by atoms with Crippen molar-refractivity contribution < 1.29 is 4.39 Å². The average molecular weight is 406 g/mol. The molecule has 144 valence electrons. The van der Waals surface area contributed by atoms with Gasteiger partial charge in [0.1, 0.15) is 5.82 Å². The van der Waals surface area contributed by atoms with Gasteiger partial charge in [0.25, 0.3) is 0 Å². The van der Waals surface area contributed by atoms with E-state index in [2.05, 4.69) is 25.3 Å². The Hall–Kier alpha value is -3.25. The second-order valence-electron chi connectivity index (χ2n) is 6.99. The van der Waals surface area contributed by atoms with E-state index in [-0.39, 0.29) is 5.82 Å². The molecule has 0 radical (unpaired) electrons. The summed E-state index contributed by atoms with van der Waals surface area (Å²) >= 11 is 6.01. The third kappa shape index (κ3) is 3.47. The van der Waals surface area contributed by atoms with Crippen molar-refractivity contribution in [1.82, 2.24) is 20.4 Å². The zero-order valence-electron chi connectivity index (χ0n) is 15.4. The van der Waals surface area contributed by atoms with Gasteiger partial charge in [-0.2, -0.15) is 5.10 Å². The average Bonchev–Trinajstić information content (AvgIpc) is 3.18. The van der Waals surface area contributed by atoms with Crippen molar-refractivity contribution in [3.8, 4) is 22.5 Å². The van der Waals surface area contributed by atoms with E-state index in [9.17, 15) is 4.39 Å². The first-order chi connectivity index (χ1) is 14.2. The summed E-state index contributed by atoms with van der Waals surface area (Å²) in [5, 5.41) is 17.1. The fraction of sp³-hybridized carbons (Fsp3) is 0.136. The quantitative estimate of drug-likeness (QED) is 0.527. The summed E-state index contributed by atoms with van der Waals surface area (Å²) in [4.78, 5) is 2.19. The van der Waals surface area contributed by atoms with Crippen molar-refractivity contribution >= 4 is 17.4 Å². The molecular formula is C22H17ClFN5. The molecule has 5 nitrogen and oxygen atoms in total. The number of halogens is 2. The van der Waals surface area contributed by atoms with Crippen LogP contribution >= 0.6 is 11.6 Å². The van der Waals surface area contributed by atoms with Crippen molar-refractivity contribution in [2.75, 3.05) is 11.4 Å². The summed E-state index contributed by atoms with van der Waals surface area (Å²) in [5.41, 5.74) is 5.86. The number of nitrogens with one attached hydrogen (secondary N) is 1. The first-order valence-corrected chi connectivity index (χ1v) is 9.72. The standard InChI is InChI=1S/C22H17ClFN5/c23-16-5-1-15(2-6-16)22-18-13-29(12-11-20(18)26-28-22)21-10-9-19(25-27-21)14-3-7-17(24)8-4-14/h1-10H,11-13H2,(H,26,28). The van der Waals surface area contributed by atoms with Crippen molar-refractivity contribution in [3.05, 3.63) is 82.8 Å². The minimum absolute atomic E-state index is 0.265. The highest BCUT2D eigenvalue weighted by atomic mass is 35.5. The molecule has 2 aromatic carbocycles. The highest BCUT2D eigenvalue weighted by molar-refractivity contribution is 6.30. The van der Waals surface area contributed by atoms with Crippen LogP contribution in [-0.4, -0.2) is 26.9 Å². The molecule has 3 heterocycles. The normalized spacial score (nSPS) is 13.4. The molecule has 0 saturated carbocycles. The number of hydrogen-bond donors (Lipinski definition) is 1. The number of hydrogen-bond acceptors (Lipinski definition) is 4. The number of aromatic amines is 1. The molecule has 0 saturated heterocycles. The predicted octanol–water partition coefficient (Wildman–Crippen LogP) is 4.89. The Morgan fingerprint density at radius 1 is 0.897 bits per heavy atom. The van der Waals surface area contributed by atoms with Gasteiger partial charge in [0.05, 0.1) is 11.4 Å². The van der Waals surface area contributed by atoms with Crippen LogP contribution in [0.15, 0.2) is 60.7 Å². The van der Waals surface area contributed by atoms with E-state index in [0.717, 1.165) is 47.0 Å². The van der Waals surface area contributed by atoms with Crippen LogP contribution in [0.3, 0.4) is 0 Å². The van der Waals surface area contributed by atoms with Gasteiger partial charge in [-0.05, 0) is 48.5 Å². The molecule has 2 aromatic heterocycles. The van der Waals surface area contributed by atoms with Crippen LogP contribution in [0, 0.1) is 5.82 Å². The number of rotatable bonds is 3. The van der Waals surface area contributed by atoms with Crippen LogP contribution in [0.5, 0.6) is 0 Å². The van der Waals surface area contributed by atoms with Crippen LogP contribution in [0.25, 0.3) is 22.5 Å². The van der Waals surface area contributed by atoms with Crippen LogP contribution in [0.4, 0.5) is 10.2 Å². The maximum Gasteiger partial charge on any atom is 0.151 e. The van der Waals surface area contributed by atoms with E-state index >= 15 is 0 Å². The molecule has 0 fully saturated rings. The number of aromatic nitrogens is 4. The van der Waals surface area contributed by atoms with Gasteiger partial charge in [-0.1, -0.05) is 23.7 Å². The van der Waals surface area contributed by atoms with Gasteiger partial charge >= 0.3 is 0 Å². The molecule has 0 unspecified atom stereocenters. The molecule has 1 aliphatic rings. The topological polar surface area (TPSA) is 57.7 Å². The molecule has 7 heteroatoms. The Morgan fingerprint density at radius 3 is 2.38 bits per heavy atom. The molecule has 4 aromatic rings. The summed E-state index contributed by atoms with van der Waals surface area (Å²) in [6.45, 7) is 1.54. The zero-order valence-corrected chi connectivity index (χ0v) is 16.2. The Kier molecular flexibility index (Phi) is 4.48. The first-order valence-electron chi connectivity index (χ1n) is 9.34. The minimum Gasteiger partial charge on any atom is -0.350 e. The van der Waals surface area contributed by atoms with E-state index in [1.807, 2.05) is 36.4 Å². The summed E-state index contributed by atoms with van der Waals surface area (Å²) in [7, 11) is 0. The minimum atomic E-state index is -0.265.